The van der Waals surface area contributed by atoms with Crippen LogP contribution in [0.2, 0.25) is 0 Å². The SMILES string of the molecule is CN=C(NCCC(=O)OC)NCC1(c2ccccc2Br)CC1. The Kier molecular flexibility index (Phi) is 5.83. The maximum atomic E-state index is 11.1. The van der Waals surface area contributed by atoms with Gasteiger partial charge in [-0.3, -0.25) is 9.79 Å². The smallest absolute Gasteiger partial charge is 0.307 e. The maximum absolute atomic E-state index is 11.1. The normalized spacial score (nSPS) is 16.0. The zero-order valence-corrected chi connectivity index (χ0v) is 14.6. The first-order valence-electron chi connectivity index (χ1n) is 7.37. The number of halogens is 1. The van der Waals surface area contributed by atoms with Gasteiger partial charge in [-0.05, 0) is 24.5 Å². The third-order valence-corrected chi connectivity index (χ3v) is 4.66. The minimum absolute atomic E-state index is 0.181. The Bertz CT molecular complexity index is 556. The summed E-state index contributed by atoms with van der Waals surface area (Å²) in [4.78, 5) is 15.3. The Labute approximate surface area is 139 Å². The molecule has 1 aromatic rings. The Morgan fingerprint density at radius 3 is 2.68 bits per heavy atom. The molecule has 0 amide bonds. The molecular weight excluding hydrogens is 346 g/mol. The predicted molar refractivity (Wildman–Crippen MR) is 91.1 cm³/mol. The van der Waals surface area contributed by atoms with Gasteiger partial charge in [0.2, 0.25) is 0 Å². The molecule has 120 valence electrons. The molecule has 5 nitrogen and oxygen atoms in total. The van der Waals surface area contributed by atoms with E-state index in [-0.39, 0.29) is 11.4 Å². The average Bonchev–Trinajstić information content (AvgIpc) is 3.31. The number of guanidine groups is 1. The molecule has 1 aromatic carbocycles. The molecule has 0 atom stereocenters. The second-order valence-corrected chi connectivity index (χ2v) is 6.29. The highest BCUT2D eigenvalue weighted by Gasteiger charge is 2.45. The minimum atomic E-state index is -0.227. The van der Waals surface area contributed by atoms with E-state index in [2.05, 4.69) is 54.5 Å². The van der Waals surface area contributed by atoms with Crippen LogP contribution in [-0.2, 0) is 14.9 Å². The lowest BCUT2D eigenvalue weighted by molar-refractivity contribution is -0.140. The Hall–Kier alpha value is -1.56. The van der Waals surface area contributed by atoms with Gasteiger partial charge in [0.15, 0.2) is 5.96 Å². The number of esters is 1. The van der Waals surface area contributed by atoms with E-state index in [0.29, 0.717) is 18.9 Å². The van der Waals surface area contributed by atoms with Crippen molar-refractivity contribution in [1.82, 2.24) is 10.6 Å². The lowest BCUT2D eigenvalue weighted by Gasteiger charge is -2.20. The highest BCUT2D eigenvalue weighted by atomic mass is 79.9. The molecular formula is C16H22BrN3O2. The van der Waals surface area contributed by atoms with Crippen molar-refractivity contribution >= 4 is 27.9 Å². The number of hydrogen-bond donors (Lipinski definition) is 2. The molecule has 6 heteroatoms. The Balaban J connectivity index is 1.86. The largest absolute Gasteiger partial charge is 0.469 e. The molecule has 1 fully saturated rings. The van der Waals surface area contributed by atoms with E-state index in [9.17, 15) is 4.79 Å². The summed E-state index contributed by atoms with van der Waals surface area (Å²) in [5.74, 6) is 0.483. The van der Waals surface area contributed by atoms with Crippen molar-refractivity contribution in [2.45, 2.75) is 24.7 Å². The van der Waals surface area contributed by atoms with Crippen LogP contribution >= 0.6 is 15.9 Å². The summed E-state index contributed by atoms with van der Waals surface area (Å²) in [5, 5.41) is 6.48. The summed E-state index contributed by atoms with van der Waals surface area (Å²) in [6.07, 6.45) is 2.66. The van der Waals surface area contributed by atoms with E-state index in [1.165, 1.54) is 25.5 Å². The fourth-order valence-corrected chi connectivity index (χ4v) is 3.15. The molecule has 0 spiro atoms. The average molecular weight is 368 g/mol. The number of nitrogens with one attached hydrogen (secondary N) is 2. The number of ether oxygens (including phenoxy) is 1. The summed E-state index contributed by atoms with van der Waals surface area (Å²) < 4.78 is 5.77. The van der Waals surface area contributed by atoms with Gasteiger partial charge in [0.05, 0.1) is 13.5 Å². The summed E-state index contributed by atoms with van der Waals surface area (Å²) >= 11 is 3.64. The molecule has 1 aliphatic carbocycles. The van der Waals surface area contributed by atoms with Crippen molar-refractivity contribution in [3.63, 3.8) is 0 Å². The third kappa shape index (κ3) is 4.22. The molecule has 0 unspecified atom stereocenters. The fraction of sp³-hybridized carbons (Fsp3) is 0.500. The maximum Gasteiger partial charge on any atom is 0.307 e. The van der Waals surface area contributed by atoms with E-state index < -0.39 is 0 Å². The number of methoxy groups -OCH3 is 1. The molecule has 0 aliphatic heterocycles. The monoisotopic (exact) mass is 367 g/mol. The van der Waals surface area contributed by atoms with Gasteiger partial charge in [0.1, 0.15) is 0 Å². The number of benzene rings is 1. The van der Waals surface area contributed by atoms with Crippen molar-refractivity contribution in [1.29, 1.82) is 0 Å². The van der Waals surface area contributed by atoms with Crippen molar-refractivity contribution in [2.24, 2.45) is 4.99 Å². The number of carbonyl (C=O) groups is 1. The predicted octanol–water partition coefficient (Wildman–Crippen LogP) is 2.21. The molecule has 2 N–H and O–H groups in total. The van der Waals surface area contributed by atoms with Crippen LogP contribution < -0.4 is 10.6 Å². The summed E-state index contributed by atoms with van der Waals surface area (Å²) in [6, 6.07) is 8.36. The van der Waals surface area contributed by atoms with E-state index in [0.717, 1.165) is 11.0 Å². The van der Waals surface area contributed by atoms with Crippen LogP contribution in [0, 0.1) is 0 Å². The van der Waals surface area contributed by atoms with E-state index in [1.54, 1.807) is 7.05 Å². The van der Waals surface area contributed by atoms with Crippen molar-refractivity contribution in [3.05, 3.63) is 34.3 Å². The molecule has 1 aliphatic rings. The zero-order valence-electron chi connectivity index (χ0n) is 13.0. The van der Waals surface area contributed by atoms with E-state index in [4.69, 9.17) is 0 Å². The minimum Gasteiger partial charge on any atom is -0.469 e. The lowest BCUT2D eigenvalue weighted by Crippen LogP contribution is -2.42. The van der Waals surface area contributed by atoms with Crippen molar-refractivity contribution in [2.75, 3.05) is 27.2 Å². The molecule has 1 saturated carbocycles. The van der Waals surface area contributed by atoms with Gasteiger partial charge in [-0.2, -0.15) is 0 Å². The van der Waals surface area contributed by atoms with Gasteiger partial charge >= 0.3 is 5.97 Å². The number of nitrogens with zero attached hydrogens (tertiary/aromatic N) is 1. The lowest BCUT2D eigenvalue weighted by atomic mass is 9.96. The third-order valence-electron chi connectivity index (χ3n) is 3.97. The van der Waals surface area contributed by atoms with Crippen LogP contribution in [0.3, 0.4) is 0 Å². The number of carbonyl (C=O) groups excluding carboxylic acids is 1. The van der Waals surface area contributed by atoms with E-state index >= 15 is 0 Å². The standard InChI is InChI=1S/C16H22BrN3O2/c1-18-15(19-10-7-14(21)22-2)20-11-16(8-9-16)12-5-3-4-6-13(12)17/h3-6H,7-11H2,1-2H3,(H2,18,19,20). The second kappa shape index (κ2) is 7.63. The Morgan fingerprint density at radius 2 is 2.09 bits per heavy atom. The molecule has 2 rings (SSSR count). The number of aliphatic imine (C=N–C) groups is 1. The number of hydrogen-bond acceptors (Lipinski definition) is 3. The molecule has 0 bridgehead atoms. The quantitative estimate of drug-likeness (QED) is 0.459. The van der Waals surface area contributed by atoms with Crippen LogP contribution in [0.5, 0.6) is 0 Å². The van der Waals surface area contributed by atoms with Crippen LogP contribution in [0.25, 0.3) is 0 Å². The molecule has 0 aromatic heterocycles. The molecule has 22 heavy (non-hydrogen) atoms. The summed E-state index contributed by atoms with van der Waals surface area (Å²) in [5.41, 5.74) is 1.52. The highest BCUT2D eigenvalue weighted by Crippen LogP contribution is 2.49. The highest BCUT2D eigenvalue weighted by molar-refractivity contribution is 9.10. The second-order valence-electron chi connectivity index (χ2n) is 5.44. The van der Waals surface area contributed by atoms with Gasteiger partial charge in [-0.25, -0.2) is 0 Å². The first kappa shape index (κ1) is 16.8. The molecule has 0 saturated heterocycles. The molecule has 0 radical (unpaired) electrons. The van der Waals surface area contributed by atoms with Crippen LogP contribution in [0.1, 0.15) is 24.8 Å². The first-order valence-corrected chi connectivity index (χ1v) is 8.17. The van der Waals surface area contributed by atoms with Gasteiger partial charge in [-0.1, -0.05) is 34.1 Å². The summed E-state index contributed by atoms with van der Waals surface area (Å²) in [7, 11) is 3.12. The van der Waals surface area contributed by atoms with Gasteiger partial charge in [0.25, 0.3) is 0 Å². The topological polar surface area (TPSA) is 62.7 Å². The van der Waals surface area contributed by atoms with E-state index in [1.807, 2.05) is 6.07 Å². The first-order chi connectivity index (χ1) is 10.6. The van der Waals surface area contributed by atoms with Crippen molar-refractivity contribution < 1.29 is 9.53 Å². The zero-order chi connectivity index (χ0) is 16.0. The fourth-order valence-electron chi connectivity index (χ4n) is 2.44. The summed E-state index contributed by atoms with van der Waals surface area (Å²) in [6.45, 7) is 1.34. The Morgan fingerprint density at radius 1 is 1.36 bits per heavy atom. The van der Waals surface area contributed by atoms with Crippen molar-refractivity contribution in [3.8, 4) is 0 Å². The van der Waals surface area contributed by atoms with Crippen LogP contribution in [0.15, 0.2) is 33.7 Å². The van der Waals surface area contributed by atoms with Gasteiger partial charge in [0, 0.05) is 30.0 Å². The number of rotatable bonds is 6. The van der Waals surface area contributed by atoms with Gasteiger partial charge < -0.3 is 15.4 Å². The van der Waals surface area contributed by atoms with Crippen LogP contribution in [-0.4, -0.2) is 39.2 Å². The van der Waals surface area contributed by atoms with Crippen LogP contribution in [0.4, 0.5) is 0 Å². The molecule has 0 heterocycles. The van der Waals surface area contributed by atoms with Gasteiger partial charge in [-0.15, -0.1) is 0 Å².